The van der Waals surface area contributed by atoms with E-state index in [-0.39, 0.29) is 0 Å². The average Bonchev–Trinajstić information content (AvgIpc) is 2.45. The van der Waals surface area contributed by atoms with Gasteiger partial charge in [0.2, 0.25) is 0 Å². The fourth-order valence-electron chi connectivity index (χ4n) is 1.87. The molecule has 0 aliphatic carbocycles. The molecule has 94 valence electrons. The van der Waals surface area contributed by atoms with Crippen molar-refractivity contribution in [2.75, 3.05) is 18.1 Å². The standard InChI is InChI=1S/C16H19NS/c17-11-13-18-12-10-14-6-8-16(9-7-14)15-4-2-1-3-5-15/h1-9H,10-13,17H2. The lowest BCUT2D eigenvalue weighted by Crippen LogP contribution is -2.02. The molecule has 2 N–H and O–H groups in total. The Morgan fingerprint density at radius 3 is 2.11 bits per heavy atom. The van der Waals surface area contributed by atoms with E-state index in [4.69, 9.17) is 5.73 Å². The van der Waals surface area contributed by atoms with E-state index >= 15 is 0 Å². The SMILES string of the molecule is NCCSCCc1ccc(-c2ccccc2)cc1. The van der Waals surface area contributed by atoms with Crippen LogP contribution in [0.4, 0.5) is 0 Å². The first-order valence-corrected chi connectivity index (χ1v) is 7.48. The molecular weight excluding hydrogens is 238 g/mol. The lowest BCUT2D eigenvalue weighted by Gasteiger charge is -2.04. The number of aryl methyl sites for hydroxylation is 1. The van der Waals surface area contributed by atoms with E-state index in [0.717, 1.165) is 24.5 Å². The van der Waals surface area contributed by atoms with Crippen LogP contribution in [0, 0.1) is 0 Å². The quantitative estimate of drug-likeness (QED) is 0.800. The van der Waals surface area contributed by atoms with Gasteiger partial charge in [0.25, 0.3) is 0 Å². The van der Waals surface area contributed by atoms with Crippen LogP contribution < -0.4 is 5.73 Å². The number of nitrogens with two attached hydrogens (primary N) is 1. The summed E-state index contributed by atoms with van der Waals surface area (Å²) in [6.07, 6.45) is 1.12. The van der Waals surface area contributed by atoms with E-state index in [1.54, 1.807) is 0 Å². The molecule has 2 aromatic rings. The van der Waals surface area contributed by atoms with Crippen LogP contribution in [0.3, 0.4) is 0 Å². The average molecular weight is 257 g/mol. The van der Waals surface area contributed by atoms with Gasteiger partial charge in [0.05, 0.1) is 0 Å². The molecule has 0 aliphatic heterocycles. The molecular formula is C16H19NS. The normalized spacial score (nSPS) is 10.5. The van der Waals surface area contributed by atoms with Crippen LogP contribution >= 0.6 is 11.8 Å². The van der Waals surface area contributed by atoms with Gasteiger partial charge >= 0.3 is 0 Å². The number of hydrogen-bond acceptors (Lipinski definition) is 2. The fraction of sp³-hybridized carbons (Fsp3) is 0.250. The Balaban J connectivity index is 1.94. The Kier molecular flexibility index (Phi) is 5.31. The maximum absolute atomic E-state index is 5.47. The summed E-state index contributed by atoms with van der Waals surface area (Å²) in [6.45, 7) is 0.775. The summed E-state index contributed by atoms with van der Waals surface area (Å²) < 4.78 is 0. The van der Waals surface area contributed by atoms with E-state index in [1.165, 1.54) is 16.7 Å². The van der Waals surface area contributed by atoms with Crippen molar-refractivity contribution in [1.82, 2.24) is 0 Å². The Morgan fingerprint density at radius 1 is 0.778 bits per heavy atom. The van der Waals surface area contributed by atoms with Crippen molar-refractivity contribution in [3.05, 3.63) is 60.2 Å². The largest absolute Gasteiger partial charge is 0.330 e. The predicted molar refractivity (Wildman–Crippen MR) is 82.0 cm³/mol. The molecule has 0 bridgehead atoms. The van der Waals surface area contributed by atoms with Crippen LogP contribution in [-0.2, 0) is 6.42 Å². The summed E-state index contributed by atoms with van der Waals surface area (Å²) in [5.74, 6) is 2.21. The van der Waals surface area contributed by atoms with Gasteiger partial charge in [0.15, 0.2) is 0 Å². The van der Waals surface area contributed by atoms with Crippen LogP contribution in [0.5, 0.6) is 0 Å². The Hall–Kier alpha value is -1.25. The van der Waals surface area contributed by atoms with Gasteiger partial charge in [-0.1, -0.05) is 54.6 Å². The smallest absolute Gasteiger partial charge is 0.00559 e. The lowest BCUT2D eigenvalue weighted by atomic mass is 10.0. The Bertz CT molecular complexity index is 450. The molecule has 0 saturated carbocycles. The predicted octanol–water partition coefficient (Wildman–Crippen LogP) is 3.59. The van der Waals surface area contributed by atoms with Crippen LogP contribution in [0.15, 0.2) is 54.6 Å². The molecule has 2 heteroatoms. The number of benzene rings is 2. The maximum Gasteiger partial charge on any atom is 0.00559 e. The minimum absolute atomic E-state index is 0.775. The second kappa shape index (κ2) is 7.24. The van der Waals surface area contributed by atoms with Crippen molar-refractivity contribution in [1.29, 1.82) is 0 Å². The molecule has 0 aliphatic rings. The van der Waals surface area contributed by atoms with E-state index < -0.39 is 0 Å². The number of thioether (sulfide) groups is 1. The Morgan fingerprint density at radius 2 is 1.44 bits per heavy atom. The van der Waals surface area contributed by atoms with E-state index in [1.807, 2.05) is 17.8 Å². The Labute approximate surface area is 113 Å². The molecule has 0 unspecified atom stereocenters. The van der Waals surface area contributed by atoms with Gasteiger partial charge in [0, 0.05) is 12.3 Å². The number of rotatable bonds is 6. The highest BCUT2D eigenvalue weighted by atomic mass is 32.2. The molecule has 0 radical (unpaired) electrons. The molecule has 0 heterocycles. The fourth-order valence-corrected chi connectivity index (χ4v) is 2.62. The van der Waals surface area contributed by atoms with Crippen LogP contribution in [0.2, 0.25) is 0 Å². The molecule has 0 atom stereocenters. The van der Waals surface area contributed by atoms with Gasteiger partial charge in [-0.05, 0) is 28.9 Å². The second-order valence-electron chi connectivity index (χ2n) is 4.21. The van der Waals surface area contributed by atoms with Crippen molar-refractivity contribution >= 4 is 11.8 Å². The highest BCUT2D eigenvalue weighted by Crippen LogP contribution is 2.19. The molecule has 0 amide bonds. The highest BCUT2D eigenvalue weighted by molar-refractivity contribution is 7.99. The van der Waals surface area contributed by atoms with Crippen molar-refractivity contribution in [3.63, 3.8) is 0 Å². The first kappa shape index (κ1) is 13.2. The van der Waals surface area contributed by atoms with Gasteiger partial charge < -0.3 is 5.73 Å². The third-order valence-corrected chi connectivity index (χ3v) is 3.88. The first-order valence-electron chi connectivity index (χ1n) is 6.32. The minimum Gasteiger partial charge on any atom is -0.330 e. The van der Waals surface area contributed by atoms with Gasteiger partial charge in [0.1, 0.15) is 0 Å². The zero-order chi connectivity index (χ0) is 12.6. The van der Waals surface area contributed by atoms with Crippen LogP contribution in [-0.4, -0.2) is 18.1 Å². The van der Waals surface area contributed by atoms with Gasteiger partial charge in [-0.25, -0.2) is 0 Å². The highest BCUT2D eigenvalue weighted by Gasteiger charge is 1.97. The number of hydrogen-bond donors (Lipinski definition) is 1. The third-order valence-electron chi connectivity index (χ3n) is 2.86. The molecule has 1 nitrogen and oxygen atoms in total. The monoisotopic (exact) mass is 257 g/mol. The van der Waals surface area contributed by atoms with E-state index in [9.17, 15) is 0 Å². The molecule has 0 fully saturated rings. The van der Waals surface area contributed by atoms with Crippen molar-refractivity contribution in [3.8, 4) is 11.1 Å². The van der Waals surface area contributed by atoms with E-state index in [2.05, 4.69) is 48.5 Å². The van der Waals surface area contributed by atoms with Gasteiger partial charge in [-0.3, -0.25) is 0 Å². The molecule has 18 heavy (non-hydrogen) atoms. The summed E-state index contributed by atoms with van der Waals surface area (Å²) in [7, 11) is 0. The van der Waals surface area contributed by atoms with Crippen LogP contribution in [0.25, 0.3) is 11.1 Å². The van der Waals surface area contributed by atoms with E-state index in [0.29, 0.717) is 0 Å². The molecule has 2 rings (SSSR count). The minimum atomic E-state index is 0.775. The molecule has 0 saturated heterocycles. The van der Waals surface area contributed by atoms with Gasteiger partial charge in [-0.2, -0.15) is 11.8 Å². The summed E-state index contributed by atoms with van der Waals surface area (Å²) in [6, 6.07) is 19.4. The topological polar surface area (TPSA) is 26.0 Å². The third kappa shape index (κ3) is 3.90. The summed E-state index contributed by atoms with van der Waals surface area (Å²) >= 11 is 1.92. The molecule has 0 aromatic heterocycles. The van der Waals surface area contributed by atoms with Crippen LogP contribution in [0.1, 0.15) is 5.56 Å². The summed E-state index contributed by atoms with van der Waals surface area (Å²) in [5, 5.41) is 0. The maximum atomic E-state index is 5.47. The molecule has 0 spiro atoms. The van der Waals surface area contributed by atoms with Crippen molar-refractivity contribution < 1.29 is 0 Å². The van der Waals surface area contributed by atoms with Crippen molar-refractivity contribution in [2.45, 2.75) is 6.42 Å². The zero-order valence-electron chi connectivity index (χ0n) is 10.5. The first-order chi connectivity index (χ1) is 8.90. The summed E-state index contributed by atoms with van der Waals surface area (Å²) in [5.41, 5.74) is 9.44. The van der Waals surface area contributed by atoms with Gasteiger partial charge in [-0.15, -0.1) is 0 Å². The summed E-state index contributed by atoms with van der Waals surface area (Å²) in [4.78, 5) is 0. The second-order valence-corrected chi connectivity index (χ2v) is 5.44. The zero-order valence-corrected chi connectivity index (χ0v) is 11.3. The molecule has 2 aromatic carbocycles. The van der Waals surface area contributed by atoms with Crippen molar-refractivity contribution in [2.24, 2.45) is 5.73 Å². The lowest BCUT2D eigenvalue weighted by molar-refractivity contribution is 1.12.